The number of carbonyl (C=O) groups is 1. The molecule has 0 aromatic heterocycles. The average Bonchev–Trinajstić information content (AvgIpc) is 2.02. The number of hydrogen-bond donors (Lipinski definition) is 0. The van der Waals surface area contributed by atoms with Crippen LogP contribution in [0.4, 0.5) is 0 Å². The van der Waals surface area contributed by atoms with Gasteiger partial charge < -0.3 is 4.74 Å². The Balaban J connectivity index is 3.67. The molecule has 0 amide bonds. The molecule has 2 atom stereocenters. The van der Waals surface area contributed by atoms with Gasteiger partial charge in [-0.1, -0.05) is 27.2 Å². The summed E-state index contributed by atoms with van der Waals surface area (Å²) in [4.78, 5) is 10.8. The highest BCUT2D eigenvalue weighted by Gasteiger charge is 2.13. The molecule has 0 aromatic rings. The second-order valence-electron chi connectivity index (χ2n) is 2.77. The summed E-state index contributed by atoms with van der Waals surface area (Å²) in [5.41, 5.74) is 0. The molecule has 0 saturated heterocycles. The van der Waals surface area contributed by atoms with Crippen molar-refractivity contribution in [2.75, 3.05) is 0 Å². The van der Waals surface area contributed by atoms with Gasteiger partial charge in [-0.15, -0.1) is 0 Å². The first-order chi connectivity index (χ1) is 5.11. The highest BCUT2D eigenvalue weighted by Crippen LogP contribution is 2.10. The van der Waals surface area contributed by atoms with E-state index in [1.807, 2.05) is 6.92 Å². The van der Waals surface area contributed by atoms with Crippen LogP contribution in [0.2, 0.25) is 0 Å². The van der Waals surface area contributed by atoms with Crippen LogP contribution in [0.3, 0.4) is 0 Å². The predicted octanol–water partition coefficient (Wildman–Crippen LogP) is 2.19. The summed E-state index contributed by atoms with van der Waals surface area (Å²) >= 11 is 0. The molecule has 0 heterocycles. The van der Waals surface area contributed by atoms with Gasteiger partial charge in [-0.3, -0.25) is 4.79 Å². The molecule has 11 heavy (non-hydrogen) atoms. The van der Waals surface area contributed by atoms with Gasteiger partial charge in [-0.25, -0.2) is 0 Å². The third-order valence-corrected chi connectivity index (χ3v) is 1.85. The van der Waals surface area contributed by atoms with E-state index in [-0.39, 0.29) is 12.1 Å². The molecule has 2 heteroatoms. The molecule has 1 radical (unpaired) electrons. The van der Waals surface area contributed by atoms with E-state index in [0.29, 0.717) is 12.3 Å². The van der Waals surface area contributed by atoms with Crippen molar-refractivity contribution in [2.45, 2.75) is 39.7 Å². The molecule has 0 bridgehead atoms. The average molecular weight is 157 g/mol. The summed E-state index contributed by atoms with van der Waals surface area (Å²) in [6, 6.07) is 0. The van der Waals surface area contributed by atoms with Crippen LogP contribution in [0.15, 0.2) is 0 Å². The van der Waals surface area contributed by atoms with Gasteiger partial charge in [0.1, 0.15) is 6.10 Å². The summed E-state index contributed by atoms with van der Waals surface area (Å²) in [7, 11) is 0. The number of hydrogen-bond acceptors (Lipinski definition) is 2. The lowest BCUT2D eigenvalue weighted by atomic mass is 10.0. The zero-order chi connectivity index (χ0) is 8.85. The predicted molar refractivity (Wildman–Crippen MR) is 45.0 cm³/mol. The SMILES string of the molecule is [CH2]C(OC(=O)CC)C(C)CC. The fourth-order valence-electron chi connectivity index (χ4n) is 0.631. The molecule has 0 aliphatic heterocycles. The maximum atomic E-state index is 10.8. The van der Waals surface area contributed by atoms with Gasteiger partial charge in [-0.05, 0) is 12.8 Å². The molecule has 2 unspecified atom stereocenters. The van der Waals surface area contributed by atoms with Crippen molar-refractivity contribution in [3.05, 3.63) is 6.92 Å². The van der Waals surface area contributed by atoms with Gasteiger partial charge in [-0.2, -0.15) is 0 Å². The van der Waals surface area contributed by atoms with Crippen LogP contribution in [0.1, 0.15) is 33.6 Å². The van der Waals surface area contributed by atoms with Crippen molar-refractivity contribution >= 4 is 5.97 Å². The number of ether oxygens (including phenoxy) is 1. The fourth-order valence-corrected chi connectivity index (χ4v) is 0.631. The van der Waals surface area contributed by atoms with E-state index in [9.17, 15) is 4.79 Å². The minimum Gasteiger partial charge on any atom is -0.462 e. The highest BCUT2D eigenvalue weighted by atomic mass is 16.5. The van der Waals surface area contributed by atoms with E-state index in [4.69, 9.17) is 4.74 Å². The molecular formula is C9H17O2. The monoisotopic (exact) mass is 157 g/mol. The Labute approximate surface area is 68.9 Å². The van der Waals surface area contributed by atoms with E-state index < -0.39 is 0 Å². The largest absolute Gasteiger partial charge is 0.462 e. The number of carbonyl (C=O) groups excluding carboxylic acids is 1. The standard InChI is InChI=1S/C9H17O2/c1-5-7(3)8(4)11-9(10)6-2/h7-8H,4-6H2,1-3H3. The van der Waals surface area contributed by atoms with Gasteiger partial charge in [0.2, 0.25) is 0 Å². The Morgan fingerprint density at radius 2 is 2.09 bits per heavy atom. The van der Waals surface area contributed by atoms with Crippen molar-refractivity contribution in [2.24, 2.45) is 5.92 Å². The molecule has 0 aliphatic rings. The summed E-state index contributed by atoms with van der Waals surface area (Å²) in [6.07, 6.45) is 1.24. The van der Waals surface area contributed by atoms with Crippen LogP contribution in [0.5, 0.6) is 0 Å². The molecule has 0 saturated carbocycles. The Kier molecular flexibility index (Phi) is 4.92. The van der Waals surface area contributed by atoms with Crippen molar-refractivity contribution in [1.29, 1.82) is 0 Å². The lowest BCUT2D eigenvalue weighted by Crippen LogP contribution is -2.21. The topological polar surface area (TPSA) is 26.3 Å². The van der Waals surface area contributed by atoms with Crippen LogP contribution in [-0.4, -0.2) is 12.1 Å². The van der Waals surface area contributed by atoms with Gasteiger partial charge in [0.05, 0.1) is 0 Å². The third kappa shape index (κ3) is 4.02. The lowest BCUT2D eigenvalue weighted by molar-refractivity contribution is -0.148. The molecule has 0 N–H and O–H groups in total. The van der Waals surface area contributed by atoms with Crippen molar-refractivity contribution in [3.63, 3.8) is 0 Å². The third-order valence-electron chi connectivity index (χ3n) is 1.85. The van der Waals surface area contributed by atoms with Crippen molar-refractivity contribution < 1.29 is 9.53 Å². The molecule has 0 aromatic carbocycles. The molecule has 0 fully saturated rings. The Bertz CT molecular complexity index is 121. The minimum absolute atomic E-state index is 0.162. The maximum Gasteiger partial charge on any atom is 0.305 e. The number of rotatable bonds is 4. The Morgan fingerprint density at radius 3 is 2.45 bits per heavy atom. The summed E-state index contributed by atoms with van der Waals surface area (Å²) < 4.78 is 5.00. The van der Waals surface area contributed by atoms with Crippen molar-refractivity contribution in [3.8, 4) is 0 Å². The maximum absolute atomic E-state index is 10.8. The van der Waals surface area contributed by atoms with Crippen LogP contribution in [0, 0.1) is 12.8 Å². The summed E-state index contributed by atoms with van der Waals surface area (Å²) in [5.74, 6) is 0.191. The molecule has 0 rings (SSSR count). The second-order valence-corrected chi connectivity index (χ2v) is 2.77. The highest BCUT2D eigenvalue weighted by molar-refractivity contribution is 5.69. The first-order valence-corrected chi connectivity index (χ1v) is 4.14. The van der Waals surface area contributed by atoms with Crippen LogP contribution >= 0.6 is 0 Å². The zero-order valence-corrected chi connectivity index (χ0v) is 7.59. The first kappa shape index (κ1) is 10.5. The van der Waals surface area contributed by atoms with Gasteiger partial charge in [0, 0.05) is 6.42 Å². The molecule has 0 spiro atoms. The van der Waals surface area contributed by atoms with Gasteiger partial charge >= 0.3 is 5.97 Å². The second kappa shape index (κ2) is 5.16. The minimum atomic E-state index is -0.188. The lowest BCUT2D eigenvalue weighted by Gasteiger charge is -2.18. The molecule has 0 aliphatic carbocycles. The van der Waals surface area contributed by atoms with E-state index in [1.165, 1.54) is 0 Å². The van der Waals surface area contributed by atoms with E-state index in [2.05, 4.69) is 13.8 Å². The van der Waals surface area contributed by atoms with Crippen LogP contribution in [0.25, 0.3) is 0 Å². The quantitative estimate of drug-likeness (QED) is 0.585. The van der Waals surface area contributed by atoms with Gasteiger partial charge in [0.25, 0.3) is 0 Å². The van der Waals surface area contributed by atoms with E-state index in [0.717, 1.165) is 6.42 Å². The molecule has 2 nitrogen and oxygen atoms in total. The fraction of sp³-hybridized carbons (Fsp3) is 0.778. The van der Waals surface area contributed by atoms with Crippen LogP contribution in [-0.2, 0) is 9.53 Å². The van der Waals surface area contributed by atoms with Gasteiger partial charge in [0.15, 0.2) is 0 Å². The Morgan fingerprint density at radius 1 is 1.55 bits per heavy atom. The Hall–Kier alpha value is -0.530. The zero-order valence-electron chi connectivity index (χ0n) is 7.59. The normalized spacial score (nSPS) is 15.6. The van der Waals surface area contributed by atoms with E-state index in [1.54, 1.807) is 6.92 Å². The van der Waals surface area contributed by atoms with Crippen molar-refractivity contribution in [1.82, 2.24) is 0 Å². The van der Waals surface area contributed by atoms with Crippen LogP contribution < -0.4 is 0 Å². The van der Waals surface area contributed by atoms with E-state index >= 15 is 0 Å². The smallest absolute Gasteiger partial charge is 0.305 e. The summed E-state index contributed by atoms with van der Waals surface area (Å²) in [6.45, 7) is 9.62. The molecule has 65 valence electrons. The molecular weight excluding hydrogens is 140 g/mol. The summed E-state index contributed by atoms with van der Waals surface area (Å²) in [5, 5.41) is 0. The number of esters is 1. The first-order valence-electron chi connectivity index (χ1n) is 4.14.